The minimum Gasteiger partial charge on any atom is -0.377 e. The van der Waals surface area contributed by atoms with E-state index in [1.165, 1.54) is 0 Å². The second-order valence-electron chi connectivity index (χ2n) is 6.30. The lowest BCUT2D eigenvalue weighted by Gasteiger charge is -2.34. The molecule has 1 heterocycles. The number of aromatic nitrogens is 2. The van der Waals surface area contributed by atoms with E-state index in [0.29, 0.717) is 10.8 Å². The summed E-state index contributed by atoms with van der Waals surface area (Å²) in [5.41, 5.74) is 1.96. The number of hydrogen-bond donors (Lipinski definition) is 2. The quantitative estimate of drug-likeness (QED) is 0.877. The summed E-state index contributed by atoms with van der Waals surface area (Å²) in [6, 6.07) is 5.20. The molecule has 0 amide bonds. The van der Waals surface area contributed by atoms with Crippen molar-refractivity contribution < 1.29 is 8.42 Å². The Morgan fingerprint density at radius 1 is 1.30 bits per heavy atom. The van der Waals surface area contributed by atoms with Gasteiger partial charge in [-0.15, -0.1) is 0 Å². The van der Waals surface area contributed by atoms with Crippen LogP contribution in [-0.4, -0.2) is 38.5 Å². The number of nitrogens with zero attached hydrogens (tertiary/aromatic N) is 2. The molecule has 1 aliphatic rings. The first-order chi connectivity index (χ1) is 10.9. The number of imidazole rings is 1. The summed E-state index contributed by atoms with van der Waals surface area (Å²) in [5.74, 6) is 1.25. The molecule has 1 saturated carbocycles. The van der Waals surface area contributed by atoms with Gasteiger partial charge in [-0.3, -0.25) is 0 Å². The number of aryl methyl sites for hydroxylation is 1. The molecular formula is C16H22N4O2S. The molecule has 0 spiro atoms. The summed E-state index contributed by atoms with van der Waals surface area (Å²) in [6.45, 7) is 1.97. The number of sulfonamides is 1. The number of anilines is 1. The molecule has 0 radical (unpaired) electrons. The van der Waals surface area contributed by atoms with E-state index in [2.05, 4.69) is 14.7 Å². The van der Waals surface area contributed by atoms with Crippen molar-refractivity contribution in [1.29, 1.82) is 0 Å². The summed E-state index contributed by atoms with van der Waals surface area (Å²) in [7, 11) is 0.325. The summed E-state index contributed by atoms with van der Waals surface area (Å²) < 4.78 is 27.9. The molecular weight excluding hydrogens is 312 g/mol. The minimum atomic E-state index is -3.49. The van der Waals surface area contributed by atoms with Crippen LogP contribution in [0.1, 0.15) is 30.1 Å². The van der Waals surface area contributed by atoms with Gasteiger partial charge in [-0.2, -0.15) is 0 Å². The van der Waals surface area contributed by atoms with Crippen LogP contribution < -0.4 is 9.62 Å². The van der Waals surface area contributed by atoms with Crippen molar-refractivity contribution in [3.05, 3.63) is 42.0 Å². The average Bonchev–Trinajstić information content (AvgIpc) is 2.96. The van der Waals surface area contributed by atoms with Gasteiger partial charge in [-0.1, -0.05) is 6.07 Å². The summed E-state index contributed by atoms with van der Waals surface area (Å²) >= 11 is 0. The fraction of sp³-hybridized carbons (Fsp3) is 0.438. The molecule has 1 aromatic heterocycles. The lowest BCUT2D eigenvalue weighted by atomic mass is 9.80. The first kappa shape index (κ1) is 16.0. The molecule has 2 N–H and O–H groups in total. The Kier molecular flexibility index (Phi) is 4.16. The maximum Gasteiger partial charge on any atom is 0.240 e. The van der Waals surface area contributed by atoms with Crippen molar-refractivity contribution in [2.75, 3.05) is 19.0 Å². The summed E-state index contributed by atoms with van der Waals surface area (Å²) in [5, 5.41) is 0. The third-order valence-electron chi connectivity index (χ3n) is 4.34. The minimum absolute atomic E-state index is 0.0285. The van der Waals surface area contributed by atoms with Crippen LogP contribution >= 0.6 is 0 Å². The van der Waals surface area contributed by atoms with Crippen LogP contribution in [0, 0.1) is 6.92 Å². The third kappa shape index (κ3) is 3.25. The van der Waals surface area contributed by atoms with Gasteiger partial charge in [0.1, 0.15) is 5.82 Å². The van der Waals surface area contributed by atoms with Gasteiger partial charge in [0, 0.05) is 44.1 Å². The van der Waals surface area contributed by atoms with E-state index in [1.54, 1.807) is 24.5 Å². The van der Waals surface area contributed by atoms with Gasteiger partial charge in [0.25, 0.3) is 0 Å². The van der Waals surface area contributed by atoms with E-state index in [9.17, 15) is 8.42 Å². The van der Waals surface area contributed by atoms with Crippen LogP contribution in [-0.2, 0) is 10.0 Å². The number of benzene rings is 1. The highest BCUT2D eigenvalue weighted by atomic mass is 32.2. The zero-order valence-electron chi connectivity index (χ0n) is 13.6. The monoisotopic (exact) mass is 334 g/mol. The molecule has 1 aliphatic carbocycles. The van der Waals surface area contributed by atoms with Crippen LogP contribution in [0.4, 0.5) is 5.69 Å². The molecule has 0 unspecified atom stereocenters. The van der Waals surface area contributed by atoms with Gasteiger partial charge in [0.05, 0.1) is 4.90 Å². The summed E-state index contributed by atoms with van der Waals surface area (Å²) in [4.78, 5) is 9.55. The Morgan fingerprint density at radius 3 is 2.65 bits per heavy atom. The van der Waals surface area contributed by atoms with Crippen LogP contribution in [0.25, 0.3) is 0 Å². The third-order valence-corrected chi connectivity index (χ3v) is 5.86. The number of nitrogens with one attached hydrogen (secondary N) is 2. The molecule has 23 heavy (non-hydrogen) atoms. The highest BCUT2D eigenvalue weighted by Gasteiger charge is 2.35. The van der Waals surface area contributed by atoms with Gasteiger partial charge in [0.15, 0.2) is 0 Å². The number of aromatic amines is 1. The van der Waals surface area contributed by atoms with E-state index in [4.69, 9.17) is 0 Å². The Bertz CT molecular complexity index is 778. The number of hydrogen-bond acceptors (Lipinski definition) is 4. The molecule has 7 heteroatoms. The van der Waals surface area contributed by atoms with E-state index >= 15 is 0 Å². The molecule has 3 rings (SSSR count). The second kappa shape index (κ2) is 5.98. The van der Waals surface area contributed by atoms with Gasteiger partial charge in [0.2, 0.25) is 10.0 Å². The Balaban J connectivity index is 1.70. The molecule has 0 saturated heterocycles. The lowest BCUT2D eigenvalue weighted by Crippen LogP contribution is -2.43. The first-order valence-electron chi connectivity index (χ1n) is 7.66. The Morgan fingerprint density at radius 2 is 2.04 bits per heavy atom. The van der Waals surface area contributed by atoms with Crippen LogP contribution in [0.2, 0.25) is 0 Å². The molecule has 6 nitrogen and oxygen atoms in total. The summed E-state index contributed by atoms with van der Waals surface area (Å²) in [6.07, 6.45) is 5.07. The first-order valence-corrected chi connectivity index (χ1v) is 9.14. The van der Waals surface area contributed by atoms with Gasteiger partial charge in [-0.05, 0) is 37.5 Å². The van der Waals surface area contributed by atoms with Crippen LogP contribution in [0.15, 0.2) is 35.5 Å². The van der Waals surface area contributed by atoms with Crippen molar-refractivity contribution in [1.82, 2.24) is 14.7 Å². The number of H-pyrrole nitrogens is 1. The van der Waals surface area contributed by atoms with Crippen molar-refractivity contribution >= 4 is 15.7 Å². The fourth-order valence-corrected chi connectivity index (χ4v) is 4.25. The molecule has 0 atom stereocenters. The molecule has 1 aromatic carbocycles. The van der Waals surface area contributed by atoms with E-state index in [1.807, 2.05) is 32.0 Å². The molecule has 0 aliphatic heterocycles. The van der Waals surface area contributed by atoms with Gasteiger partial charge < -0.3 is 9.88 Å². The Hall–Kier alpha value is -1.86. The zero-order valence-corrected chi connectivity index (χ0v) is 14.4. The van der Waals surface area contributed by atoms with Gasteiger partial charge in [-0.25, -0.2) is 18.1 Å². The molecule has 124 valence electrons. The molecule has 0 bridgehead atoms. The Labute approximate surface area is 137 Å². The second-order valence-corrected chi connectivity index (χ2v) is 8.02. The maximum absolute atomic E-state index is 12.6. The molecule has 1 fully saturated rings. The standard InChI is InChI=1S/C16H22N4O2S/c1-11-4-5-14(10-15(11)20(2)3)23(21,22)19-13-8-12(9-13)16-17-6-7-18-16/h4-7,10,12-13,19H,8-9H2,1-3H3,(H,17,18). The topological polar surface area (TPSA) is 78.1 Å². The molecule has 2 aromatic rings. The highest BCUT2D eigenvalue weighted by Crippen LogP contribution is 2.35. The van der Waals surface area contributed by atoms with Crippen molar-refractivity contribution in [3.63, 3.8) is 0 Å². The van der Waals surface area contributed by atoms with Crippen molar-refractivity contribution in [2.24, 2.45) is 0 Å². The van der Waals surface area contributed by atoms with Crippen molar-refractivity contribution in [2.45, 2.75) is 36.6 Å². The smallest absolute Gasteiger partial charge is 0.240 e. The zero-order chi connectivity index (χ0) is 16.6. The predicted octanol–water partition coefficient (Wildman–Crippen LogP) is 2.01. The highest BCUT2D eigenvalue weighted by molar-refractivity contribution is 7.89. The van der Waals surface area contributed by atoms with Crippen molar-refractivity contribution in [3.8, 4) is 0 Å². The SMILES string of the molecule is Cc1ccc(S(=O)(=O)NC2CC(c3ncc[nH]3)C2)cc1N(C)C. The van der Waals surface area contributed by atoms with E-state index in [0.717, 1.165) is 29.9 Å². The van der Waals surface area contributed by atoms with Gasteiger partial charge >= 0.3 is 0 Å². The largest absolute Gasteiger partial charge is 0.377 e. The normalized spacial score (nSPS) is 21.0. The van der Waals surface area contributed by atoms with E-state index in [-0.39, 0.29) is 6.04 Å². The van der Waals surface area contributed by atoms with Crippen LogP contribution in [0.3, 0.4) is 0 Å². The predicted molar refractivity (Wildman–Crippen MR) is 90.2 cm³/mol. The average molecular weight is 334 g/mol. The number of rotatable bonds is 5. The fourth-order valence-electron chi connectivity index (χ4n) is 2.96. The lowest BCUT2D eigenvalue weighted by molar-refractivity contribution is 0.316. The van der Waals surface area contributed by atoms with E-state index < -0.39 is 10.0 Å². The maximum atomic E-state index is 12.6. The van der Waals surface area contributed by atoms with Crippen LogP contribution in [0.5, 0.6) is 0 Å².